The fourth-order valence-electron chi connectivity index (χ4n) is 3.76. The standard InChI is InChI=1S/C27H26N6O/c1-19-9-10-20(24(15-19)28-2)13-14-29-26(21-7-5-4-6-8-21)27(34)32-25-12-11-22(16-30-25)23-17-31-33(3)18-23/h4-12,15-18,26,29H,13-14H2,1,3H3,(H,30,32,34)/t26-/m1/s1. The lowest BCUT2D eigenvalue weighted by molar-refractivity contribution is -0.118. The van der Waals surface area contributed by atoms with Gasteiger partial charge in [0.25, 0.3) is 0 Å². The van der Waals surface area contributed by atoms with Crippen molar-refractivity contribution in [3.8, 4) is 11.1 Å². The molecule has 0 aliphatic carbocycles. The average Bonchev–Trinajstić information content (AvgIpc) is 3.29. The Bertz CT molecular complexity index is 1310. The van der Waals surface area contributed by atoms with Crippen molar-refractivity contribution >= 4 is 17.4 Å². The second kappa shape index (κ2) is 10.6. The zero-order valence-electron chi connectivity index (χ0n) is 19.2. The van der Waals surface area contributed by atoms with Gasteiger partial charge in [0, 0.05) is 30.6 Å². The van der Waals surface area contributed by atoms with Gasteiger partial charge >= 0.3 is 0 Å². The Labute approximate surface area is 199 Å². The Kier molecular flexibility index (Phi) is 7.11. The molecule has 0 aliphatic heterocycles. The molecule has 1 amide bonds. The van der Waals surface area contributed by atoms with Gasteiger partial charge in [-0.25, -0.2) is 9.83 Å². The normalized spacial score (nSPS) is 11.6. The monoisotopic (exact) mass is 450 g/mol. The maximum atomic E-state index is 13.2. The molecule has 0 saturated carbocycles. The first kappa shape index (κ1) is 22.9. The Morgan fingerprint density at radius 3 is 2.59 bits per heavy atom. The van der Waals surface area contributed by atoms with E-state index in [9.17, 15) is 4.79 Å². The average molecular weight is 451 g/mol. The van der Waals surface area contributed by atoms with Crippen LogP contribution in [0.1, 0.15) is 22.7 Å². The largest absolute Gasteiger partial charge is 0.309 e. The van der Waals surface area contributed by atoms with Crippen molar-refractivity contribution in [3.63, 3.8) is 0 Å². The summed E-state index contributed by atoms with van der Waals surface area (Å²) in [4.78, 5) is 21.3. The van der Waals surface area contributed by atoms with Crippen LogP contribution in [-0.4, -0.2) is 27.2 Å². The van der Waals surface area contributed by atoms with E-state index in [0.29, 0.717) is 24.5 Å². The number of carbonyl (C=O) groups excluding carboxylic acids is 1. The number of aryl methyl sites for hydroxylation is 2. The van der Waals surface area contributed by atoms with Crippen molar-refractivity contribution in [1.29, 1.82) is 0 Å². The SMILES string of the molecule is [C-]#[N+]c1cc(C)ccc1CCN[C@@H](C(=O)Nc1ccc(-c2cnn(C)c2)cn1)c1ccccc1. The first-order valence-corrected chi connectivity index (χ1v) is 11.0. The second-order valence-electron chi connectivity index (χ2n) is 8.12. The molecule has 2 N–H and O–H groups in total. The van der Waals surface area contributed by atoms with Gasteiger partial charge in [0.15, 0.2) is 5.69 Å². The number of carbonyl (C=O) groups is 1. The number of anilines is 1. The fourth-order valence-corrected chi connectivity index (χ4v) is 3.76. The summed E-state index contributed by atoms with van der Waals surface area (Å²) in [6, 6.07) is 18.6. The molecule has 0 radical (unpaired) electrons. The molecule has 1 atom stereocenters. The molecule has 4 aromatic rings. The molecule has 0 spiro atoms. The third-order valence-electron chi connectivity index (χ3n) is 5.55. The van der Waals surface area contributed by atoms with E-state index < -0.39 is 6.04 Å². The van der Waals surface area contributed by atoms with Gasteiger partial charge in [-0.3, -0.25) is 9.48 Å². The summed E-state index contributed by atoms with van der Waals surface area (Å²) in [5.74, 6) is 0.288. The van der Waals surface area contributed by atoms with E-state index in [2.05, 4.69) is 25.6 Å². The van der Waals surface area contributed by atoms with Gasteiger partial charge in [0.2, 0.25) is 5.91 Å². The van der Waals surface area contributed by atoms with Crippen LogP contribution in [0.15, 0.2) is 79.3 Å². The molecule has 0 bridgehead atoms. The number of nitrogens with one attached hydrogen (secondary N) is 2. The second-order valence-corrected chi connectivity index (χ2v) is 8.12. The summed E-state index contributed by atoms with van der Waals surface area (Å²) in [6.07, 6.45) is 6.06. The summed E-state index contributed by atoms with van der Waals surface area (Å²) in [6.45, 7) is 9.95. The molecule has 2 heterocycles. The molecule has 34 heavy (non-hydrogen) atoms. The van der Waals surface area contributed by atoms with Gasteiger partial charge in [-0.1, -0.05) is 54.1 Å². The van der Waals surface area contributed by atoms with Gasteiger partial charge in [0.1, 0.15) is 11.9 Å². The number of hydrogen-bond donors (Lipinski definition) is 2. The lowest BCUT2D eigenvalue weighted by Crippen LogP contribution is -2.34. The third kappa shape index (κ3) is 5.55. The maximum Gasteiger partial charge on any atom is 0.247 e. The van der Waals surface area contributed by atoms with Gasteiger partial charge in [0.05, 0.1) is 12.8 Å². The first-order chi connectivity index (χ1) is 16.5. The molecule has 2 aromatic carbocycles. The smallest absolute Gasteiger partial charge is 0.247 e. The number of pyridine rings is 1. The van der Waals surface area contributed by atoms with E-state index in [1.165, 1.54) is 0 Å². The summed E-state index contributed by atoms with van der Waals surface area (Å²) in [5, 5.41) is 10.5. The highest BCUT2D eigenvalue weighted by Crippen LogP contribution is 2.22. The van der Waals surface area contributed by atoms with Crippen LogP contribution >= 0.6 is 0 Å². The van der Waals surface area contributed by atoms with Gasteiger partial charge < -0.3 is 10.6 Å². The molecule has 170 valence electrons. The van der Waals surface area contributed by atoms with Gasteiger partial charge in [-0.15, -0.1) is 0 Å². The molecular weight excluding hydrogens is 424 g/mol. The van der Waals surface area contributed by atoms with Crippen LogP contribution in [0.2, 0.25) is 0 Å². The molecule has 0 aliphatic rings. The minimum Gasteiger partial charge on any atom is -0.309 e. The highest BCUT2D eigenvalue weighted by Gasteiger charge is 2.20. The van der Waals surface area contributed by atoms with Crippen LogP contribution in [0.3, 0.4) is 0 Å². The van der Waals surface area contributed by atoms with Gasteiger partial charge in [-0.2, -0.15) is 5.10 Å². The van der Waals surface area contributed by atoms with Gasteiger partial charge in [-0.05, 0) is 43.1 Å². The summed E-state index contributed by atoms with van der Waals surface area (Å²) in [5.41, 5.74) is 5.44. The van der Waals surface area contributed by atoms with Crippen molar-refractivity contribution in [1.82, 2.24) is 20.1 Å². The van der Waals surface area contributed by atoms with E-state index in [-0.39, 0.29) is 5.91 Å². The lowest BCUT2D eigenvalue weighted by atomic mass is 10.0. The van der Waals surface area contributed by atoms with E-state index in [1.807, 2.05) is 74.8 Å². The number of hydrogen-bond acceptors (Lipinski definition) is 4. The topological polar surface area (TPSA) is 76.2 Å². The molecule has 7 heteroatoms. The molecule has 0 unspecified atom stereocenters. The van der Waals surface area contributed by atoms with E-state index in [1.54, 1.807) is 23.1 Å². The van der Waals surface area contributed by atoms with E-state index in [0.717, 1.165) is 27.8 Å². The third-order valence-corrected chi connectivity index (χ3v) is 5.55. The minimum absolute atomic E-state index is 0.192. The van der Waals surface area contributed by atoms with Crippen molar-refractivity contribution in [2.45, 2.75) is 19.4 Å². The minimum atomic E-state index is -0.553. The number of rotatable bonds is 8. The van der Waals surface area contributed by atoms with Crippen molar-refractivity contribution in [2.75, 3.05) is 11.9 Å². The Morgan fingerprint density at radius 2 is 1.91 bits per heavy atom. The number of nitrogens with zero attached hydrogens (tertiary/aromatic N) is 4. The molecule has 4 rings (SSSR count). The highest BCUT2D eigenvalue weighted by molar-refractivity contribution is 5.95. The molecule has 0 fully saturated rings. The van der Waals surface area contributed by atoms with Crippen LogP contribution in [0.5, 0.6) is 0 Å². The van der Waals surface area contributed by atoms with Crippen LogP contribution in [0, 0.1) is 13.5 Å². The fraction of sp³-hybridized carbons (Fsp3) is 0.185. The van der Waals surface area contributed by atoms with E-state index in [4.69, 9.17) is 6.57 Å². The first-order valence-electron chi connectivity index (χ1n) is 11.0. The summed E-state index contributed by atoms with van der Waals surface area (Å²) in [7, 11) is 1.86. The molecule has 0 saturated heterocycles. The zero-order chi connectivity index (χ0) is 23.9. The van der Waals surface area contributed by atoms with Crippen molar-refractivity contribution in [2.24, 2.45) is 7.05 Å². The van der Waals surface area contributed by atoms with Crippen LogP contribution in [0.25, 0.3) is 16.0 Å². The Hall–Kier alpha value is -4.28. The zero-order valence-corrected chi connectivity index (χ0v) is 19.2. The highest BCUT2D eigenvalue weighted by atomic mass is 16.2. The molecular formula is C27H26N6O. The van der Waals surface area contributed by atoms with Crippen LogP contribution in [-0.2, 0) is 18.3 Å². The Balaban J connectivity index is 1.45. The van der Waals surface area contributed by atoms with Crippen molar-refractivity contribution in [3.05, 3.63) is 107 Å². The quantitative estimate of drug-likeness (QED) is 0.376. The number of amides is 1. The maximum absolute atomic E-state index is 13.2. The van der Waals surface area contributed by atoms with Crippen LogP contribution < -0.4 is 10.6 Å². The predicted octanol–water partition coefficient (Wildman–Crippen LogP) is 4.85. The Morgan fingerprint density at radius 1 is 1.09 bits per heavy atom. The number of benzene rings is 2. The molecule has 2 aromatic heterocycles. The summed E-state index contributed by atoms with van der Waals surface area (Å²) >= 11 is 0. The number of aromatic nitrogens is 3. The predicted molar refractivity (Wildman–Crippen MR) is 133 cm³/mol. The molecule has 7 nitrogen and oxygen atoms in total. The summed E-state index contributed by atoms with van der Waals surface area (Å²) < 4.78 is 1.73. The lowest BCUT2D eigenvalue weighted by Gasteiger charge is -2.19. The van der Waals surface area contributed by atoms with E-state index >= 15 is 0 Å². The van der Waals surface area contributed by atoms with Crippen molar-refractivity contribution < 1.29 is 4.79 Å². The van der Waals surface area contributed by atoms with Crippen LogP contribution in [0.4, 0.5) is 11.5 Å².